The molecule has 0 fully saturated rings. The Morgan fingerprint density at radius 2 is 1.04 bits per heavy atom. The third kappa shape index (κ3) is 4.34. The minimum Gasteiger partial charge on any atom is -1.00 e. The zero-order chi connectivity index (χ0) is 14.1. The van der Waals surface area contributed by atoms with Gasteiger partial charge in [0.05, 0.1) is 0 Å². The quantitative estimate of drug-likeness (QED) is 0.594. The van der Waals surface area contributed by atoms with Crippen LogP contribution in [0, 0.1) is 0 Å². The molecule has 0 N–H and O–H groups in total. The molecule has 0 spiro atoms. The first-order chi connectivity index (χ1) is 10.4. The van der Waals surface area contributed by atoms with Crippen LogP contribution in [0.1, 0.15) is 64.2 Å². The van der Waals surface area contributed by atoms with Crippen molar-refractivity contribution in [2.24, 2.45) is 0 Å². The Morgan fingerprint density at radius 3 is 1.52 bits per heavy atom. The van der Waals surface area contributed by atoms with Gasteiger partial charge in [0.25, 0.3) is 0 Å². The molecule has 0 bridgehead atoms. The van der Waals surface area contributed by atoms with Crippen LogP contribution in [0.5, 0.6) is 0 Å². The molecule has 0 aromatic heterocycles. The topological polar surface area (TPSA) is 0 Å². The molecule has 4 aliphatic rings. The van der Waals surface area contributed by atoms with Crippen molar-refractivity contribution >= 4 is 0 Å². The molecule has 3 heteroatoms. The first kappa shape index (κ1) is 19.7. The maximum absolute atomic E-state index is 2.60. The standard InChI is InChI=1S/2C10H13.2ClH.Zr/c2*1-2-5-9-7-4-8-10(9)6-3-1;;;/h2*4,7-8H,1-3,5-6H2;2*1H;/q;;;;+2/p-2. The molecule has 0 nitrogen and oxygen atoms in total. The second-order valence-corrected chi connectivity index (χ2v) is 10.9. The van der Waals surface area contributed by atoms with Crippen LogP contribution in [0.4, 0.5) is 0 Å². The molecule has 0 heterocycles. The summed E-state index contributed by atoms with van der Waals surface area (Å²) >= 11 is -0.410. The molecule has 4 aliphatic carbocycles. The first-order valence-electron chi connectivity index (χ1n) is 8.98. The summed E-state index contributed by atoms with van der Waals surface area (Å²) in [5, 5.41) is 0. The fraction of sp³-hybridized carbons (Fsp3) is 0.600. The summed E-state index contributed by atoms with van der Waals surface area (Å²) in [5.74, 6) is 0. The van der Waals surface area contributed by atoms with Gasteiger partial charge in [-0.2, -0.15) is 0 Å². The number of halogens is 2. The van der Waals surface area contributed by atoms with E-state index >= 15 is 0 Å². The Bertz CT molecular complexity index is 494. The number of allylic oxidation sites excluding steroid dienone is 8. The number of hydrogen-bond acceptors (Lipinski definition) is 0. The van der Waals surface area contributed by atoms with Crippen LogP contribution in [0.2, 0.25) is 7.25 Å². The molecule has 2 atom stereocenters. The maximum Gasteiger partial charge on any atom is -1.00 e. The van der Waals surface area contributed by atoms with E-state index in [0.717, 1.165) is 7.25 Å². The van der Waals surface area contributed by atoms with Crippen molar-refractivity contribution in [2.75, 3.05) is 0 Å². The molecule has 0 saturated carbocycles. The van der Waals surface area contributed by atoms with Crippen molar-refractivity contribution in [1.82, 2.24) is 0 Å². The van der Waals surface area contributed by atoms with E-state index in [4.69, 9.17) is 0 Å². The predicted octanol–water partition coefficient (Wildman–Crippen LogP) is 0.315. The van der Waals surface area contributed by atoms with E-state index in [2.05, 4.69) is 24.3 Å². The van der Waals surface area contributed by atoms with Crippen molar-refractivity contribution in [3.8, 4) is 0 Å². The Kier molecular flexibility index (Phi) is 7.91. The van der Waals surface area contributed by atoms with Crippen LogP contribution in [-0.2, 0) is 23.2 Å². The first-order valence-corrected chi connectivity index (χ1v) is 11.8. The van der Waals surface area contributed by atoms with Gasteiger partial charge >= 0.3 is 141 Å². The Balaban J connectivity index is 0.000000960. The number of hydrogen-bond donors (Lipinski definition) is 0. The largest absolute Gasteiger partial charge is 1.00 e. The molecule has 0 saturated heterocycles. The van der Waals surface area contributed by atoms with Gasteiger partial charge in [-0.15, -0.1) is 0 Å². The molecule has 0 radical (unpaired) electrons. The van der Waals surface area contributed by atoms with E-state index in [0.29, 0.717) is 0 Å². The second-order valence-electron chi connectivity index (χ2n) is 7.06. The van der Waals surface area contributed by atoms with E-state index in [-0.39, 0.29) is 24.8 Å². The van der Waals surface area contributed by atoms with Crippen LogP contribution in [0.25, 0.3) is 0 Å². The Hall–Kier alpha value is 0.423. The molecule has 0 aromatic carbocycles. The average molecular weight is 429 g/mol. The smallest absolute Gasteiger partial charge is 1.00 e. The third-order valence-electron chi connectivity index (χ3n) is 5.70. The van der Waals surface area contributed by atoms with Gasteiger partial charge < -0.3 is 24.8 Å². The molecule has 4 rings (SSSR count). The van der Waals surface area contributed by atoms with Crippen LogP contribution in [0.3, 0.4) is 0 Å². The SMILES string of the molecule is C1=C[CH]([Zr+2][CH]2C=CC3=C2CCCCC3)C2=C1CCCCC2.[Cl-].[Cl-]. The third-order valence-corrected chi connectivity index (χ3v) is 10.1. The molecular formula is C20H26Cl2Zr. The van der Waals surface area contributed by atoms with Gasteiger partial charge in [-0.25, -0.2) is 0 Å². The van der Waals surface area contributed by atoms with Crippen molar-refractivity contribution in [3.05, 3.63) is 46.6 Å². The van der Waals surface area contributed by atoms with E-state index in [1.165, 1.54) is 64.2 Å². The van der Waals surface area contributed by atoms with Gasteiger partial charge in [-0.1, -0.05) is 0 Å². The molecule has 2 unspecified atom stereocenters. The molecule has 0 amide bonds. The Labute approximate surface area is 165 Å². The normalized spacial score (nSPS) is 29.0. The van der Waals surface area contributed by atoms with Gasteiger partial charge in [0.15, 0.2) is 0 Å². The fourth-order valence-electron chi connectivity index (χ4n) is 4.51. The Morgan fingerprint density at radius 1 is 0.609 bits per heavy atom. The van der Waals surface area contributed by atoms with E-state index in [9.17, 15) is 0 Å². The fourth-order valence-corrected chi connectivity index (χ4v) is 9.09. The summed E-state index contributed by atoms with van der Waals surface area (Å²) in [6.45, 7) is 0. The van der Waals surface area contributed by atoms with Gasteiger partial charge in [0.2, 0.25) is 0 Å². The van der Waals surface area contributed by atoms with Gasteiger partial charge in [0.1, 0.15) is 0 Å². The summed E-state index contributed by atoms with van der Waals surface area (Å²) in [4.78, 5) is 0. The monoisotopic (exact) mass is 426 g/mol. The van der Waals surface area contributed by atoms with Crippen LogP contribution < -0.4 is 24.8 Å². The van der Waals surface area contributed by atoms with Crippen LogP contribution in [0.15, 0.2) is 46.6 Å². The molecule has 23 heavy (non-hydrogen) atoms. The molecule has 0 aromatic rings. The zero-order valence-electron chi connectivity index (χ0n) is 13.8. The molecule has 124 valence electrons. The van der Waals surface area contributed by atoms with Crippen molar-refractivity contribution < 1.29 is 48.0 Å². The summed E-state index contributed by atoms with van der Waals surface area (Å²) in [5.41, 5.74) is 7.26. The van der Waals surface area contributed by atoms with E-state index in [1.54, 1.807) is 11.1 Å². The summed E-state index contributed by atoms with van der Waals surface area (Å²) in [6.07, 6.45) is 24.5. The molecular weight excluding hydrogens is 402 g/mol. The zero-order valence-corrected chi connectivity index (χ0v) is 17.8. The van der Waals surface area contributed by atoms with Gasteiger partial charge in [0, 0.05) is 0 Å². The maximum atomic E-state index is 2.60. The molecule has 0 aliphatic heterocycles. The van der Waals surface area contributed by atoms with Crippen molar-refractivity contribution in [2.45, 2.75) is 71.5 Å². The van der Waals surface area contributed by atoms with Crippen molar-refractivity contribution in [3.63, 3.8) is 0 Å². The number of rotatable bonds is 2. The summed E-state index contributed by atoms with van der Waals surface area (Å²) in [7, 11) is 0. The van der Waals surface area contributed by atoms with Crippen LogP contribution in [-0.4, -0.2) is 0 Å². The predicted molar refractivity (Wildman–Crippen MR) is 86.0 cm³/mol. The second kappa shape index (κ2) is 9.21. The van der Waals surface area contributed by atoms with E-state index in [1.807, 2.05) is 11.1 Å². The minimum absolute atomic E-state index is 0. The summed E-state index contributed by atoms with van der Waals surface area (Å²) in [6, 6.07) is 0. The van der Waals surface area contributed by atoms with Crippen molar-refractivity contribution in [1.29, 1.82) is 0 Å². The van der Waals surface area contributed by atoms with Gasteiger partial charge in [-0.3, -0.25) is 0 Å². The van der Waals surface area contributed by atoms with Crippen LogP contribution >= 0.6 is 0 Å². The van der Waals surface area contributed by atoms with E-state index < -0.39 is 23.2 Å². The average Bonchev–Trinajstić information content (AvgIpc) is 2.85. The summed E-state index contributed by atoms with van der Waals surface area (Å²) < 4.78 is 1.85. The minimum atomic E-state index is -0.410. The van der Waals surface area contributed by atoms with Gasteiger partial charge in [-0.05, 0) is 0 Å².